The molecule has 1 unspecified atom stereocenters. The van der Waals surface area contributed by atoms with Gasteiger partial charge in [-0.3, -0.25) is 4.79 Å². The standard InChI is InChI=1S/C15H20N2O/c1-4-13(9-16)15(18)17-10-12-5-7-14(8-6-12)11(2)3/h5-8,11,13H,4,10H2,1-3H3,(H,17,18). The molecule has 0 saturated heterocycles. The van der Waals surface area contributed by atoms with E-state index in [1.807, 2.05) is 25.1 Å². The van der Waals surface area contributed by atoms with E-state index in [4.69, 9.17) is 5.26 Å². The Morgan fingerprint density at radius 1 is 1.33 bits per heavy atom. The second-order valence-corrected chi connectivity index (χ2v) is 4.70. The number of hydrogen-bond donors (Lipinski definition) is 1. The van der Waals surface area contributed by atoms with Crippen molar-refractivity contribution in [1.82, 2.24) is 5.32 Å². The molecule has 1 atom stereocenters. The van der Waals surface area contributed by atoms with E-state index >= 15 is 0 Å². The van der Waals surface area contributed by atoms with Crippen molar-refractivity contribution in [2.75, 3.05) is 0 Å². The molecule has 0 bridgehead atoms. The zero-order valence-electron chi connectivity index (χ0n) is 11.2. The maximum atomic E-state index is 11.6. The lowest BCUT2D eigenvalue weighted by molar-refractivity contribution is -0.123. The predicted molar refractivity (Wildman–Crippen MR) is 71.8 cm³/mol. The van der Waals surface area contributed by atoms with Crippen molar-refractivity contribution >= 4 is 5.91 Å². The van der Waals surface area contributed by atoms with Crippen LogP contribution < -0.4 is 5.32 Å². The Labute approximate surface area is 109 Å². The van der Waals surface area contributed by atoms with Crippen molar-refractivity contribution in [2.24, 2.45) is 5.92 Å². The Bertz CT molecular complexity index is 429. The topological polar surface area (TPSA) is 52.9 Å². The third-order valence-corrected chi connectivity index (χ3v) is 2.99. The van der Waals surface area contributed by atoms with E-state index in [0.717, 1.165) is 5.56 Å². The highest BCUT2D eigenvalue weighted by atomic mass is 16.1. The Morgan fingerprint density at radius 2 is 1.94 bits per heavy atom. The van der Waals surface area contributed by atoms with E-state index in [1.54, 1.807) is 0 Å². The van der Waals surface area contributed by atoms with Gasteiger partial charge in [0.2, 0.25) is 5.91 Å². The minimum Gasteiger partial charge on any atom is -0.351 e. The lowest BCUT2D eigenvalue weighted by atomic mass is 10.0. The molecule has 0 aromatic heterocycles. The summed E-state index contributed by atoms with van der Waals surface area (Å²) in [6.45, 7) is 6.62. The fourth-order valence-electron chi connectivity index (χ4n) is 1.67. The molecule has 1 amide bonds. The molecule has 3 heteroatoms. The molecule has 0 aliphatic heterocycles. The maximum absolute atomic E-state index is 11.6. The van der Waals surface area contributed by atoms with Gasteiger partial charge in [0.1, 0.15) is 5.92 Å². The third-order valence-electron chi connectivity index (χ3n) is 2.99. The van der Waals surface area contributed by atoms with Crippen LogP contribution in [0.2, 0.25) is 0 Å². The zero-order chi connectivity index (χ0) is 13.5. The van der Waals surface area contributed by atoms with Crippen molar-refractivity contribution in [3.63, 3.8) is 0 Å². The summed E-state index contributed by atoms with van der Waals surface area (Å²) in [6.07, 6.45) is 0.550. The van der Waals surface area contributed by atoms with Gasteiger partial charge in [-0.15, -0.1) is 0 Å². The largest absolute Gasteiger partial charge is 0.351 e. The van der Waals surface area contributed by atoms with Gasteiger partial charge in [-0.25, -0.2) is 0 Å². The Morgan fingerprint density at radius 3 is 2.39 bits per heavy atom. The van der Waals surface area contributed by atoms with Gasteiger partial charge in [-0.2, -0.15) is 5.26 Å². The number of carbonyl (C=O) groups is 1. The van der Waals surface area contributed by atoms with Crippen LogP contribution in [0, 0.1) is 17.2 Å². The number of amides is 1. The average Bonchev–Trinajstić information content (AvgIpc) is 2.38. The van der Waals surface area contributed by atoms with Gasteiger partial charge in [0, 0.05) is 6.54 Å². The number of nitrogens with one attached hydrogen (secondary N) is 1. The van der Waals surface area contributed by atoms with E-state index in [1.165, 1.54) is 5.56 Å². The molecular weight excluding hydrogens is 224 g/mol. The van der Waals surface area contributed by atoms with Crippen LogP contribution in [0.3, 0.4) is 0 Å². The third kappa shape index (κ3) is 3.89. The number of rotatable bonds is 5. The van der Waals surface area contributed by atoms with Crippen molar-refractivity contribution < 1.29 is 4.79 Å². The van der Waals surface area contributed by atoms with Crippen LogP contribution in [0.4, 0.5) is 0 Å². The van der Waals surface area contributed by atoms with Gasteiger partial charge in [-0.1, -0.05) is 45.0 Å². The monoisotopic (exact) mass is 244 g/mol. The van der Waals surface area contributed by atoms with E-state index in [2.05, 4.69) is 31.3 Å². The van der Waals surface area contributed by atoms with Crippen LogP contribution in [0.15, 0.2) is 24.3 Å². The van der Waals surface area contributed by atoms with Crippen LogP contribution in [0.5, 0.6) is 0 Å². The minimum atomic E-state index is -0.542. The highest BCUT2D eigenvalue weighted by Crippen LogP contribution is 2.14. The molecular formula is C15H20N2O. The molecule has 18 heavy (non-hydrogen) atoms. The van der Waals surface area contributed by atoms with Crippen molar-refractivity contribution in [2.45, 2.75) is 39.7 Å². The van der Waals surface area contributed by atoms with Gasteiger partial charge < -0.3 is 5.32 Å². The van der Waals surface area contributed by atoms with Crippen molar-refractivity contribution in [1.29, 1.82) is 5.26 Å². The SMILES string of the molecule is CCC(C#N)C(=O)NCc1ccc(C(C)C)cc1. The molecule has 0 aliphatic carbocycles. The summed E-state index contributed by atoms with van der Waals surface area (Å²) in [5.41, 5.74) is 2.34. The van der Waals surface area contributed by atoms with Crippen LogP contribution >= 0.6 is 0 Å². The number of hydrogen-bond acceptors (Lipinski definition) is 2. The first kappa shape index (κ1) is 14.2. The van der Waals surface area contributed by atoms with E-state index in [-0.39, 0.29) is 5.91 Å². The van der Waals surface area contributed by atoms with Crippen LogP contribution in [0.25, 0.3) is 0 Å². The lowest BCUT2D eigenvalue weighted by Gasteiger charge is -2.10. The molecule has 0 fully saturated rings. The van der Waals surface area contributed by atoms with E-state index in [0.29, 0.717) is 18.9 Å². The quantitative estimate of drug-likeness (QED) is 0.865. The molecule has 3 nitrogen and oxygen atoms in total. The molecule has 96 valence electrons. The lowest BCUT2D eigenvalue weighted by Crippen LogP contribution is -2.29. The number of nitriles is 1. The van der Waals surface area contributed by atoms with Gasteiger partial charge in [0.25, 0.3) is 0 Å². The molecule has 0 radical (unpaired) electrons. The smallest absolute Gasteiger partial charge is 0.237 e. The molecule has 0 spiro atoms. The summed E-state index contributed by atoms with van der Waals surface area (Å²) in [5.74, 6) is -0.218. The number of nitrogens with zero attached hydrogens (tertiary/aromatic N) is 1. The fourth-order valence-corrected chi connectivity index (χ4v) is 1.67. The molecule has 0 heterocycles. The summed E-state index contributed by atoms with van der Waals surface area (Å²) >= 11 is 0. The molecule has 1 aromatic rings. The van der Waals surface area contributed by atoms with Gasteiger partial charge in [0.15, 0.2) is 0 Å². The summed E-state index contributed by atoms with van der Waals surface area (Å²) in [7, 11) is 0. The first-order valence-electron chi connectivity index (χ1n) is 6.34. The summed E-state index contributed by atoms with van der Waals surface area (Å²) < 4.78 is 0. The summed E-state index contributed by atoms with van der Waals surface area (Å²) in [5, 5.41) is 11.6. The first-order chi connectivity index (χ1) is 8.58. The Hall–Kier alpha value is -1.82. The van der Waals surface area contributed by atoms with E-state index < -0.39 is 5.92 Å². The normalized spacial score (nSPS) is 11.9. The van der Waals surface area contributed by atoms with Crippen LogP contribution in [0.1, 0.15) is 44.2 Å². The minimum absolute atomic E-state index is 0.187. The zero-order valence-corrected chi connectivity index (χ0v) is 11.2. The van der Waals surface area contributed by atoms with E-state index in [9.17, 15) is 4.79 Å². The molecule has 0 saturated carbocycles. The summed E-state index contributed by atoms with van der Waals surface area (Å²) in [6, 6.07) is 10.2. The number of benzene rings is 1. The molecule has 0 aliphatic rings. The number of carbonyl (C=O) groups excluding carboxylic acids is 1. The van der Waals surface area contributed by atoms with Gasteiger partial charge >= 0.3 is 0 Å². The highest BCUT2D eigenvalue weighted by Gasteiger charge is 2.14. The second kappa shape index (κ2) is 6.80. The maximum Gasteiger partial charge on any atom is 0.237 e. The molecule has 1 N–H and O–H groups in total. The fraction of sp³-hybridized carbons (Fsp3) is 0.467. The van der Waals surface area contributed by atoms with Crippen LogP contribution in [-0.2, 0) is 11.3 Å². The van der Waals surface area contributed by atoms with Crippen LogP contribution in [-0.4, -0.2) is 5.91 Å². The average molecular weight is 244 g/mol. The van der Waals surface area contributed by atoms with Crippen molar-refractivity contribution in [3.05, 3.63) is 35.4 Å². The second-order valence-electron chi connectivity index (χ2n) is 4.70. The Balaban J connectivity index is 2.54. The van der Waals surface area contributed by atoms with Gasteiger partial charge in [0.05, 0.1) is 6.07 Å². The Kier molecular flexibility index (Phi) is 5.38. The molecule has 1 rings (SSSR count). The van der Waals surface area contributed by atoms with Gasteiger partial charge in [-0.05, 0) is 23.5 Å². The highest BCUT2D eigenvalue weighted by molar-refractivity contribution is 5.80. The predicted octanol–water partition coefficient (Wildman–Crippen LogP) is 2.98. The van der Waals surface area contributed by atoms with Crippen molar-refractivity contribution in [3.8, 4) is 6.07 Å². The molecule has 1 aromatic carbocycles. The summed E-state index contributed by atoms with van der Waals surface area (Å²) in [4.78, 5) is 11.6. The first-order valence-corrected chi connectivity index (χ1v) is 6.34.